The molecule has 0 atom stereocenters. The first-order chi connectivity index (χ1) is 9.40. The van der Waals surface area contributed by atoms with Crippen LogP contribution in [-0.2, 0) is 4.74 Å². The first-order valence-electron chi connectivity index (χ1n) is 6.61. The fourth-order valence-corrected chi connectivity index (χ4v) is 2.95. The van der Waals surface area contributed by atoms with E-state index in [9.17, 15) is 4.79 Å². The van der Waals surface area contributed by atoms with Gasteiger partial charge in [0.15, 0.2) is 0 Å². The SMILES string of the molecule is Cc1c(C(=O)OC(C)C)sc2ncnc(NC(C)C)c12. The molecule has 0 unspecified atom stereocenters. The molecule has 0 saturated carbocycles. The minimum atomic E-state index is -0.295. The van der Waals surface area contributed by atoms with Crippen molar-refractivity contribution in [3.63, 3.8) is 0 Å². The Kier molecular flexibility index (Phi) is 4.23. The summed E-state index contributed by atoms with van der Waals surface area (Å²) in [7, 11) is 0. The average Bonchev–Trinajstić information content (AvgIpc) is 2.66. The van der Waals surface area contributed by atoms with E-state index < -0.39 is 0 Å². The third-order valence-corrected chi connectivity index (χ3v) is 3.86. The Morgan fingerprint density at radius 2 is 2.00 bits per heavy atom. The van der Waals surface area contributed by atoms with E-state index in [0.717, 1.165) is 21.6 Å². The molecular formula is C14H19N3O2S. The number of carbonyl (C=O) groups is 1. The second-order valence-corrected chi connectivity index (χ2v) is 6.21. The van der Waals surface area contributed by atoms with Crippen molar-refractivity contribution in [1.82, 2.24) is 9.97 Å². The molecule has 0 saturated heterocycles. The Morgan fingerprint density at radius 1 is 1.30 bits per heavy atom. The van der Waals surface area contributed by atoms with Gasteiger partial charge in [0.05, 0.1) is 11.5 Å². The molecule has 0 aliphatic heterocycles. The predicted molar refractivity (Wildman–Crippen MR) is 81.5 cm³/mol. The molecule has 0 amide bonds. The number of esters is 1. The van der Waals surface area contributed by atoms with Gasteiger partial charge in [0, 0.05) is 6.04 Å². The van der Waals surface area contributed by atoms with Crippen molar-refractivity contribution in [2.24, 2.45) is 0 Å². The first-order valence-corrected chi connectivity index (χ1v) is 7.43. The molecule has 108 valence electrons. The van der Waals surface area contributed by atoms with Crippen LogP contribution in [0.1, 0.15) is 42.9 Å². The minimum absolute atomic E-state index is 0.133. The van der Waals surface area contributed by atoms with Crippen molar-refractivity contribution in [2.45, 2.75) is 46.8 Å². The van der Waals surface area contributed by atoms with Crippen molar-refractivity contribution >= 4 is 33.3 Å². The number of thiophene rings is 1. The number of carbonyl (C=O) groups excluding carboxylic acids is 1. The summed E-state index contributed by atoms with van der Waals surface area (Å²) in [5.74, 6) is 0.471. The Balaban J connectivity index is 2.50. The number of rotatable bonds is 4. The van der Waals surface area contributed by atoms with Crippen LogP contribution in [0.25, 0.3) is 10.2 Å². The fraction of sp³-hybridized carbons (Fsp3) is 0.500. The molecule has 0 bridgehead atoms. The second kappa shape index (κ2) is 5.75. The third-order valence-electron chi connectivity index (χ3n) is 2.68. The number of aromatic nitrogens is 2. The zero-order chi connectivity index (χ0) is 14.9. The first kappa shape index (κ1) is 14.7. The average molecular weight is 293 g/mol. The maximum Gasteiger partial charge on any atom is 0.348 e. The molecular weight excluding hydrogens is 274 g/mol. The second-order valence-electron chi connectivity index (χ2n) is 5.21. The molecule has 0 aliphatic carbocycles. The molecule has 2 aromatic rings. The highest BCUT2D eigenvalue weighted by Gasteiger charge is 2.21. The monoisotopic (exact) mass is 293 g/mol. The molecule has 0 radical (unpaired) electrons. The Hall–Kier alpha value is -1.69. The van der Waals surface area contributed by atoms with E-state index in [1.54, 1.807) is 0 Å². The molecule has 1 N–H and O–H groups in total. The van der Waals surface area contributed by atoms with Crippen molar-refractivity contribution in [3.05, 3.63) is 16.8 Å². The van der Waals surface area contributed by atoms with Gasteiger partial charge in [-0.3, -0.25) is 0 Å². The van der Waals surface area contributed by atoms with Crippen LogP contribution in [0.5, 0.6) is 0 Å². The highest BCUT2D eigenvalue weighted by atomic mass is 32.1. The van der Waals surface area contributed by atoms with Crippen LogP contribution in [0.4, 0.5) is 5.82 Å². The zero-order valence-corrected chi connectivity index (χ0v) is 13.2. The van der Waals surface area contributed by atoms with Gasteiger partial charge in [0.1, 0.15) is 21.9 Å². The summed E-state index contributed by atoms with van der Waals surface area (Å²) < 4.78 is 5.27. The third kappa shape index (κ3) is 2.90. The predicted octanol–water partition coefficient (Wildman–Crippen LogP) is 3.39. The normalized spacial score (nSPS) is 11.3. The summed E-state index contributed by atoms with van der Waals surface area (Å²) in [5, 5.41) is 4.19. The van der Waals surface area contributed by atoms with Gasteiger partial charge in [-0.15, -0.1) is 11.3 Å². The summed E-state index contributed by atoms with van der Waals surface area (Å²) in [6, 6.07) is 0.262. The van der Waals surface area contributed by atoms with Crippen LogP contribution < -0.4 is 5.32 Å². The van der Waals surface area contributed by atoms with E-state index in [2.05, 4.69) is 15.3 Å². The fourth-order valence-electron chi connectivity index (χ4n) is 1.92. The summed E-state index contributed by atoms with van der Waals surface area (Å²) in [5.41, 5.74) is 0.874. The molecule has 2 rings (SSSR count). The van der Waals surface area contributed by atoms with E-state index >= 15 is 0 Å². The number of hydrogen-bond donors (Lipinski definition) is 1. The number of fused-ring (bicyclic) bond motifs is 1. The Morgan fingerprint density at radius 3 is 2.60 bits per heavy atom. The van der Waals surface area contributed by atoms with Gasteiger partial charge in [-0.25, -0.2) is 14.8 Å². The molecule has 6 heteroatoms. The molecule has 0 spiro atoms. The topological polar surface area (TPSA) is 64.1 Å². The van der Waals surface area contributed by atoms with Gasteiger partial charge < -0.3 is 10.1 Å². The van der Waals surface area contributed by atoms with Crippen LogP contribution in [0.15, 0.2) is 6.33 Å². The number of nitrogens with zero attached hydrogens (tertiary/aromatic N) is 2. The van der Waals surface area contributed by atoms with Gasteiger partial charge in [0.25, 0.3) is 0 Å². The van der Waals surface area contributed by atoms with E-state index in [4.69, 9.17) is 4.74 Å². The lowest BCUT2D eigenvalue weighted by atomic mass is 10.2. The van der Waals surface area contributed by atoms with E-state index in [1.165, 1.54) is 17.7 Å². The van der Waals surface area contributed by atoms with Crippen molar-refractivity contribution in [2.75, 3.05) is 5.32 Å². The van der Waals surface area contributed by atoms with Gasteiger partial charge in [-0.05, 0) is 40.2 Å². The van der Waals surface area contributed by atoms with Gasteiger partial charge in [-0.2, -0.15) is 0 Å². The van der Waals surface area contributed by atoms with Crippen molar-refractivity contribution < 1.29 is 9.53 Å². The van der Waals surface area contributed by atoms with E-state index in [1.807, 2.05) is 34.6 Å². The Labute approximate surface area is 122 Å². The molecule has 5 nitrogen and oxygen atoms in total. The van der Waals surface area contributed by atoms with Crippen molar-refractivity contribution in [1.29, 1.82) is 0 Å². The van der Waals surface area contributed by atoms with Crippen LogP contribution in [0.2, 0.25) is 0 Å². The van der Waals surface area contributed by atoms with E-state index in [0.29, 0.717) is 4.88 Å². The molecule has 0 aliphatic rings. The van der Waals surface area contributed by atoms with Gasteiger partial charge in [-0.1, -0.05) is 0 Å². The molecule has 2 heterocycles. The highest BCUT2D eigenvalue weighted by molar-refractivity contribution is 7.20. The number of anilines is 1. The smallest absolute Gasteiger partial charge is 0.348 e. The lowest BCUT2D eigenvalue weighted by molar-refractivity contribution is 0.0383. The molecule has 20 heavy (non-hydrogen) atoms. The molecule has 2 aromatic heterocycles. The largest absolute Gasteiger partial charge is 0.459 e. The van der Waals surface area contributed by atoms with E-state index in [-0.39, 0.29) is 18.1 Å². The summed E-state index contributed by atoms with van der Waals surface area (Å²) in [6.07, 6.45) is 1.38. The standard InChI is InChI=1S/C14H19N3O2S/c1-7(2)17-12-10-9(5)11(14(18)19-8(3)4)20-13(10)16-6-15-12/h6-8H,1-5H3,(H,15,16,17). The maximum atomic E-state index is 12.1. The lowest BCUT2D eigenvalue weighted by Gasteiger charge is -2.10. The highest BCUT2D eigenvalue weighted by Crippen LogP contribution is 2.34. The molecule has 0 aromatic carbocycles. The zero-order valence-electron chi connectivity index (χ0n) is 12.4. The lowest BCUT2D eigenvalue weighted by Crippen LogP contribution is -2.12. The minimum Gasteiger partial charge on any atom is -0.459 e. The number of hydrogen-bond acceptors (Lipinski definition) is 6. The van der Waals surface area contributed by atoms with Crippen molar-refractivity contribution in [3.8, 4) is 0 Å². The molecule has 0 fully saturated rings. The number of nitrogens with one attached hydrogen (secondary N) is 1. The quantitative estimate of drug-likeness (QED) is 0.875. The summed E-state index contributed by atoms with van der Waals surface area (Å²) in [4.78, 5) is 22.0. The van der Waals surface area contributed by atoms with Crippen LogP contribution in [0.3, 0.4) is 0 Å². The summed E-state index contributed by atoms with van der Waals surface area (Å²) >= 11 is 1.35. The number of ether oxygens (including phenoxy) is 1. The summed E-state index contributed by atoms with van der Waals surface area (Å²) in [6.45, 7) is 9.68. The van der Waals surface area contributed by atoms with Gasteiger partial charge in [0.2, 0.25) is 0 Å². The van der Waals surface area contributed by atoms with Crippen LogP contribution in [0, 0.1) is 6.92 Å². The number of aryl methyl sites for hydroxylation is 1. The van der Waals surface area contributed by atoms with Gasteiger partial charge >= 0.3 is 5.97 Å². The van der Waals surface area contributed by atoms with Crippen LogP contribution >= 0.6 is 11.3 Å². The van der Waals surface area contributed by atoms with Crippen LogP contribution in [-0.4, -0.2) is 28.1 Å². The maximum absolute atomic E-state index is 12.1. The Bertz CT molecular complexity index is 635.